The molecule has 0 aromatic carbocycles. The van der Waals surface area contributed by atoms with Gasteiger partial charge in [-0.1, -0.05) is 6.08 Å². The summed E-state index contributed by atoms with van der Waals surface area (Å²) in [5, 5.41) is 2.61. The fourth-order valence-corrected chi connectivity index (χ4v) is 1.17. The second kappa shape index (κ2) is 5.51. The second-order valence-corrected chi connectivity index (χ2v) is 3.32. The van der Waals surface area contributed by atoms with Crippen LogP contribution in [0.3, 0.4) is 0 Å². The van der Waals surface area contributed by atoms with Crippen LogP contribution in [-0.2, 0) is 4.79 Å². The zero-order chi connectivity index (χ0) is 10.4. The lowest BCUT2D eigenvalue weighted by atomic mass is 10.4. The SMILES string of the molecule is NC/C=C/C(=O)Nc1ncccc1Br. The van der Waals surface area contributed by atoms with E-state index in [1.54, 1.807) is 24.4 Å². The third-order valence-electron chi connectivity index (χ3n) is 1.41. The maximum atomic E-state index is 11.2. The summed E-state index contributed by atoms with van der Waals surface area (Å²) in [5.74, 6) is 0.258. The maximum Gasteiger partial charge on any atom is 0.249 e. The van der Waals surface area contributed by atoms with Crippen LogP contribution in [0, 0.1) is 0 Å². The molecule has 4 nitrogen and oxygen atoms in total. The van der Waals surface area contributed by atoms with E-state index in [0.29, 0.717) is 12.4 Å². The smallest absolute Gasteiger partial charge is 0.249 e. The molecule has 0 radical (unpaired) electrons. The molecule has 0 fully saturated rings. The number of carbonyl (C=O) groups excluding carboxylic acids is 1. The lowest BCUT2D eigenvalue weighted by Crippen LogP contribution is -2.10. The van der Waals surface area contributed by atoms with Crippen molar-refractivity contribution in [2.75, 3.05) is 11.9 Å². The van der Waals surface area contributed by atoms with E-state index in [1.165, 1.54) is 6.08 Å². The molecule has 74 valence electrons. The zero-order valence-electron chi connectivity index (χ0n) is 7.40. The van der Waals surface area contributed by atoms with E-state index in [4.69, 9.17) is 5.73 Å². The van der Waals surface area contributed by atoms with Crippen molar-refractivity contribution in [1.29, 1.82) is 0 Å². The van der Waals surface area contributed by atoms with Crippen LogP contribution >= 0.6 is 15.9 Å². The molecule has 0 saturated carbocycles. The molecule has 0 unspecified atom stereocenters. The minimum absolute atomic E-state index is 0.241. The molecule has 1 heterocycles. The van der Waals surface area contributed by atoms with Gasteiger partial charge in [0.25, 0.3) is 0 Å². The fourth-order valence-electron chi connectivity index (χ4n) is 0.811. The van der Waals surface area contributed by atoms with E-state index in [-0.39, 0.29) is 5.91 Å². The zero-order valence-corrected chi connectivity index (χ0v) is 8.99. The highest BCUT2D eigenvalue weighted by Crippen LogP contribution is 2.17. The molecule has 0 spiro atoms. The van der Waals surface area contributed by atoms with E-state index < -0.39 is 0 Å². The molecule has 0 aliphatic heterocycles. The third kappa shape index (κ3) is 3.27. The molecule has 0 atom stereocenters. The fraction of sp³-hybridized carbons (Fsp3) is 0.111. The largest absolute Gasteiger partial charge is 0.327 e. The quantitative estimate of drug-likeness (QED) is 0.801. The average molecular weight is 256 g/mol. The van der Waals surface area contributed by atoms with Crippen molar-refractivity contribution in [2.24, 2.45) is 5.73 Å². The molecule has 1 amide bonds. The van der Waals surface area contributed by atoms with Crippen molar-refractivity contribution in [3.8, 4) is 0 Å². The summed E-state index contributed by atoms with van der Waals surface area (Å²) >= 11 is 3.27. The van der Waals surface area contributed by atoms with Gasteiger partial charge in [-0.25, -0.2) is 4.98 Å². The molecule has 0 aliphatic rings. The van der Waals surface area contributed by atoms with Crippen LogP contribution in [0.25, 0.3) is 0 Å². The molecular formula is C9H10BrN3O. The van der Waals surface area contributed by atoms with E-state index in [0.717, 1.165) is 4.47 Å². The molecule has 5 heteroatoms. The number of rotatable bonds is 3. The number of amides is 1. The van der Waals surface area contributed by atoms with Crippen LogP contribution < -0.4 is 11.1 Å². The van der Waals surface area contributed by atoms with Gasteiger partial charge in [-0.3, -0.25) is 4.79 Å². The predicted octanol–water partition coefficient (Wildman–Crippen LogP) is 1.30. The number of anilines is 1. The average Bonchev–Trinajstić information content (AvgIpc) is 2.18. The number of hydrogen-bond acceptors (Lipinski definition) is 3. The van der Waals surface area contributed by atoms with Gasteiger partial charge in [0.2, 0.25) is 5.91 Å². The molecule has 3 N–H and O–H groups in total. The summed E-state index contributed by atoms with van der Waals surface area (Å²) in [7, 11) is 0. The van der Waals surface area contributed by atoms with E-state index in [1.807, 2.05) is 0 Å². The van der Waals surface area contributed by atoms with Gasteiger partial charge in [0.15, 0.2) is 0 Å². The Balaban J connectivity index is 2.65. The molecule has 0 bridgehead atoms. The van der Waals surface area contributed by atoms with Gasteiger partial charge in [0.05, 0.1) is 4.47 Å². The molecule has 14 heavy (non-hydrogen) atoms. The van der Waals surface area contributed by atoms with Crippen molar-refractivity contribution in [2.45, 2.75) is 0 Å². The van der Waals surface area contributed by atoms with Crippen molar-refractivity contribution >= 4 is 27.7 Å². The Morgan fingerprint density at radius 3 is 3.14 bits per heavy atom. The standard InChI is InChI=1S/C9H10BrN3O/c10-7-3-2-6-12-9(7)13-8(14)4-1-5-11/h1-4,6H,5,11H2,(H,12,13,14)/b4-1+. The first-order chi connectivity index (χ1) is 6.74. The Hall–Kier alpha value is -1.20. The first-order valence-electron chi connectivity index (χ1n) is 4.02. The minimum Gasteiger partial charge on any atom is -0.327 e. The number of carbonyl (C=O) groups is 1. The molecule has 0 aliphatic carbocycles. The topological polar surface area (TPSA) is 68.0 Å². The molecule has 1 aromatic rings. The summed E-state index contributed by atoms with van der Waals surface area (Å²) in [5.41, 5.74) is 5.21. The Labute approximate surface area is 90.3 Å². The number of aromatic nitrogens is 1. The third-order valence-corrected chi connectivity index (χ3v) is 2.05. The van der Waals surface area contributed by atoms with Crippen LogP contribution in [0.4, 0.5) is 5.82 Å². The van der Waals surface area contributed by atoms with Gasteiger partial charge in [-0.05, 0) is 28.1 Å². The van der Waals surface area contributed by atoms with Crippen LogP contribution in [-0.4, -0.2) is 17.4 Å². The van der Waals surface area contributed by atoms with Crippen molar-refractivity contribution in [1.82, 2.24) is 4.98 Å². The molecule has 1 aromatic heterocycles. The summed E-state index contributed by atoms with van der Waals surface area (Å²) in [6.45, 7) is 0.344. The van der Waals surface area contributed by atoms with Gasteiger partial charge < -0.3 is 11.1 Å². The Morgan fingerprint density at radius 1 is 1.71 bits per heavy atom. The lowest BCUT2D eigenvalue weighted by molar-refractivity contribution is -0.111. The van der Waals surface area contributed by atoms with E-state index in [2.05, 4.69) is 26.2 Å². The van der Waals surface area contributed by atoms with Crippen LogP contribution in [0.2, 0.25) is 0 Å². The van der Waals surface area contributed by atoms with Crippen molar-refractivity contribution in [3.63, 3.8) is 0 Å². The second-order valence-electron chi connectivity index (χ2n) is 2.46. The summed E-state index contributed by atoms with van der Waals surface area (Å²) in [4.78, 5) is 15.2. The minimum atomic E-state index is -0.241. The van der Waals surface area contributed by atoms with Gasteiger partial charge >= 0.3 is 0 Å². The normalized spacial score (nSPS) is 10.4. The lowest BCUT2D eigenvalue weighted by Gasteiger charge is -2.02. The molecule has 1 rings (SSSR count). The Morgan fingerprint density at radius 2 is 2.50 bits per heavy atom. The van der Waals surface area contributed by atoms with Crippen molar-refractivity contribution in [3.05, 3.63) is 35.0 Å². The summed E-state index contributed by atoms with van der Waals surface area (Å²) in [6, 6.07) is 3.57. The first kappa shape index (κ1) is 10.9. The Kier molecular flexibility index (Phi) is 4.28. The van der Waals surface area contributed by atoms with Crippen LogP contribution in [0.15, 0.2) is 35.0 Å². The summed E-state index contributed by atoms with van der Waals surface area (Å²) in [6.07, 6.45) is 4.56. The predicted molar refractivity (Wildman–Crippen MR) is 58.8 cm³/mol. The van der Waals surface area contributed by atoms with Crippen LogP contribution in [0.5, 0.6) is 0 Å². The molecular weight excluding hydrogens is 246 g/mol. The van der Waals surface area contributed by atoms with E-state index in [9.17, 15) is 4.79 Å². The first-order valence-corrected chi connectivity index (χ1v) is 4.81. The summed E-state index contributed by atoms with van der Waals surface area (Å²) < 4.78 is 0.745. The number of hydrogen-bond donors (Lipinski definition) is 2. The van der Waals surface area contributed by atoms with Gasteiger partial charge in [0.1, 0.15) is 5.82 Å². The van der Waals surface area contributed by atoms with E-state index >= 15 is 0 Å². The molecule has 0 saturated heterocycles. The Bertz CT molecular complexity index is 352. The van der Waals surface area contributed by atoms with Gasteiger partial charge in [-0.2, -0.15) is 0 Å². The number of nitrogens with zero attached hydrogens (tertiary/aromatic N) is 1. The number of pyridine rings is 1. The highest BCUT2D eigenvalue weighted by atomic mass is 79.9. The number of nitrogens with one attached hydrogen (secondary N) is 1. The van der Waals surface area contributed by atoms with Gasteiger partial charge in [0, 0.05) is 18.8 Å². The van der Waals surface area contributed by atoms with Crippen LogP contribution in [0.1, 0.15) is 0 Å². The van der Waals surface area contributed by atoms with Gasteiger partial charge in [-0.15, -0.1) is 0 Å². The highest BCUT2D eigenvalue weighted by Gasteiger charge is 2.01. The number of nitrogens with two attached hydrogens (primary N) is 1. The number of halogens is 1. The van der Waals surface area contributed by atoms with Crippen molar-refractivity contribution < 1.29 is 4.79 Å². The highest BCUT2D eigenvalue weighted by molar-refractivity contribution is 9.10. The monoisotopic (exact) mass is 255 g/mol. The maximum absolute atomic E-state index is 11.2.